The first-order valence-corrected chi connectivity index (χ1v) is 5.41. The number of nitrogens with two attached hydrogens (primary N) is 1. The van der Waals surface area contributed by atoms with E-state index in [4.69, 9.17) is 5.84 Å². The van der Waals surface area contributed by atoms with Gasteiger partial charge in [0.25, 0.3) is 0 Å². The molecule has 1 saturated carbocycles. The monoisotopic (exact) mass is 213 g/mol. The molecule has 4 N–H and O–H groups in total. The smallest absolute Gasteiger partial charge is 0.206 e. The Morgan fingerprint density at radius 1 is 1.47 bits per heavy atom. The van der Waals surface area contributed by atoms with Crippen LogP contribution in [0.3, 0.4) is 0 Å². The van der Waals surface area contributed by atoms with Gasteiger partial charge in [0.15, 0.2) is 0 Å². The van der Waals surface area contributed by atoms with E-state index in [0.29, 0.717) is 12.0 Å². The summed E-state index contributed by atoms with van der Waals surface area (Å²) in [7, 11) is 4.11. The maximum absolute atomic E-state index is 5.40. The number of rotatable bonds is 4. The Balaban J connectivity index is 2.44. The Kier molecular flexibility index (Phi) is 3.93. The fourth-order valence-corrected chi connectivity index (χ4v) is 0.968. The molecule has 0 amide bonds. The molecule has 0 radical (unpaired) electrons. The van der Waals surface area contributed by atoms with Gasteiger partial charge in [-0.25, -0.2) is 5.84 Å². The van der Waals surface area contributed by atoms with Crippen molar-refractivity contribution in [3.05, 3.63) is 0 Å². The van der Waals surface area contributed by atoms with Crippen molar-refractivity contribution in [3.8, 4) is 0 Å². The molecule has 1 aliphatic carbocycles. The van der Waals surface area contributed by atoms with Gasteiger partial charge < -0.3 is 10.2 Å². The van der Waals surface area contributed by atoms with Crippen molar-refractivity contribution in [3.63, 3.8) is 0 Å². The predicted molar refractivity (Wildman–Crippen MR) is 63.5 cm³/mol. The Bertz CT molecular complexity index is 230. The van der Waals surface area contributed by atoms with Gasteiger partial charge in [-0.1, -0.05) is 0 Å². The van der Waals surface area contributed by atoms with Crippen LogP contribution in [0.2, 0.25) is 0 Å². The van der Waals surface area contributed by atoms with Crippen LogP contribution in [0.5, 0.6) is 0 Å². The molecule has 0 saturated heterocycles. The largest absolute Gasteiger partial charge is 0.353 e. The average molecular weight is 213 g/mol. The molecule has 1 rings (SSSR count). The van der Waals surface area contributed by atoms with E-state index < -0.39 is 0 Å². The number of nitrogens with one attached hydrogen (secondary N) is 2. The summed E-state index contributed by atoms with van der Waals surface area (Å²) in [6.07, 6.45) is 2.44. The summed E-state index contributed by atoms with van der Waals surface area (Å²) in [5.41, 5.74) is 2.65. The molecule has 0 aromatic heterocycles. The van der Waals surface area contributed by atoms with Gasteiger partial charge in [-0.05, 0) is 40.8 Å². The van der Waals surface area contributed by atoms with E-state index in [-0.39, 0.29) is 5.54 Å². The highest BCUT2D eigenvalue weighted by atomic mass is 15.3. The molecule has 1 aliphatic rings. The summed E-state index contributed by atoms with van der Waals surface area (Å²) in [5, 5.41) is 3.25. The van der Waals surface area contributed by atoms with Crippen LogP contribution in [-0.4, -0.2) is 43.1 Å². The highest BCUT2D eigenvalue weighted by molar-refractivity contribution is 5.79. The molecule has 88 valence electrons. The zero-order chi connectivity index (χ0) is 11.5. The Hall–Kier alpha value is -0.810. The highest BCUT2D eigenvalue weighted by Gasteiger charge is 2.23. The van der Waals surface area contributed by atoms with Gasteiger partial charge in [0.1, 0.15) is 0 Å². The van der Waals surface area contributed by atoms with E-state index in [2.05, 4.69) is 48.6 Å². The fourth-order valence-electron chi connectivity index (χ4n) is 0.968. The van der Waals surface area contributed by atoms with Gasteiger partial charge in [0.2, 0.25) is 5.96 Å². The lowest BCUT2D eigenvalue weighted by molar-refractivity contribution is 0.204. The molecule has 0 bridgehead atoms. The first-order chi connectivity index (χ1) is 6.95. The van der Waals surface area contributed by atoms with E-state index >= 15 is 0 Å². The number of guanidine groups is 1. The summed E-state index contributed by atoms with van der Waals surface area (Å²) in [4.78, 5) is 6.60. The fraction of sp³-hybridized carbons (Fsp3) is 0.900. The third-order valence-corrected chi connectivity index (χ3v) is 2.89. The molecule has 5 heteroatoms. The number of hydrogen-bond donors (Lipinski definition) is 3. The van der Waals surface area contributed by atoms with Crippen molar-refractivity contribution in [1.82, 2.24) is 15.6 Å². The van der Waals surface area contributed by atoms with Gasteiger partial charge >= 0.3 is 0 Å². The minimum Gasteiger partial charge on any atom is -0.353 e. The predicted octanol–water partition coefficient (Wildman–Crippen LogP) is -0.102. The quantitative estimate of drug-likeness (QED) is 0.264. The number of aliphatic imine (C=N–C) groups is 1. The van der Waals surface area contributed by atoms with Crippen molar-refractivity contribution in [1.29, 1.82) is 0 Å². The second-order valence-electron chi connectivity index (χ2n) is 4.93. The number of nitrogens with zero attached hydrogens (tertiary/aromatic N) is 2. The zero-order valence-corrected chi connectivity index (χ0v) is 10.2. The van der Waals surface area contributed by atoms with E-state index in [0.717, 1.165) is 6.54 Å². The zero-order valence-electron chi connectivity index (χ0n) is 10.2. The number of likely N-dealkylation sites (N-methyl/N-ethyl adjacent to an activating group) is 1. The van der Waals surface area contributed by atoms with Crippen LogP contribution in [-0.2, 0) is 0 Å². The van der Waals surface area contributed by atoms with Gasteiger partial charge in [-0.2, -0.15) is 0 Å². The van der Waals surface area contributed by atoms with Gasteiger partial charge in [0, 0.05) is 11.6 Å². The third kappa shape index (κ3) is 4.05. The minimum absolute atomic E-state index is 0.0489. The Morgan fingerprint density at radius 3 is 2.47 bits per heavy atom. The SMILES string of the molecule is CN(C)C(C)(C)CN=C(NN)NC1CC1. The lowest BCUT2D eigenvalue weighted by atomic mass is 10.1. The van der Waals surface area contributed by atoms with Crippen LogP contribution < -0.4 is 16.6 Å². The summed E-state index contributed by atoms with van der Waals surface area (Å²) in [5.74, 6) is 6.10. The van der Waals surface area contributed by atoms with Crippen molar-refractivity contribution in [2.45, 2.75) is 38.3 Å². The topological polar surface area (TPSA) is 65.7 Å². The van der Waals surface area contributed by atoms with Crippen molar-refractivity contribution in [2.75, 3.05) is 20.6 Å². The molecule has 0 atom stereocenters. The molecule has 0 unspecified atom stereocenters. The van der Waals surface area contributed by atoms with Crippen molar-refractivity contribution >= 4 is 5.96 Å². The van der Waals surface area contributed by atoms with Gasteiger partial charge in [0.05, 0.1) is 6.54 Å². The lowest BCUT2D eigenvalue weighted by Crippen LogP contribution is -2.46. The average Bonchev–Trinajstić information content (AvgIpc) is 2.95. The second-order valence-corrected chi connectivity index (χ2v) is 4.93. The van der Waals surface area contributed by atoms with Gasteiger partial charge in [-0.15, -0.1) is 0 Å². The van der Waals surface area contributed by atoms with Crippen LogP contribution in [0, 0.1) is 0 Å². The van der Waals surface area contributed by atoms with Gasteiger partial charge in [-0.3, -0.25) is 10.4 Å². The van der Waals surface area contributed by atoms with E-state index in [1.165, 1.54) is 12.8 Å². The summed E-state index contributed by atoms with van der Waals surface area (Å²) in [6, 6.07) is 0.572. The van der Waals surface area contributed by atoms with E-state index in [9.17, 15) is 0 Å². The molecule has 0 spiro atoms. The second kappa shape index (κ2) is 4.81. The number of hydrazine groups is 1. The summed E-state index contributed by atoms with van der Waals surface area (Å²) >= 11 is 0. The van der Waals surface area contributed by atoms with E-state index in [1.54, 1.807) is 0 Å². The normalized spacial score (nSPS) is 18.1. The van der Waals surface area contributed by atoms with Crippen LogP contribution in [0.15, 0.2) is 4.99 Å². The summed E-state index contributed by atoms with van der Waals surface area (Å²) in [6.45, 7) is 5.03. The molecule has 1 fully saturated rings. The van der Waals surface area contributed by atoms with Crippen molar-refractivity contribution < 1.29 is 0 Å². The van der Waals surface area contributed by atoms with Crippen LogP contribution in [0.25, 0.3) is 0 Å². The first-order valence-electron chi connectivity index (χ1n) is 5.41. The third-order valence-electron chi connectivity index (χ3n) is 2.89. The van der Waals surface area contributed by atoms with E-state index in [1.807, 2.05) is 0 Å². The van der Waals surface area contributed by atoms with Crippen LogP contribution >= 0.6 is 0 Å². The highest BCUT2D eigenvalue weighted by Crippen LogP contribution is 2.18. The maximum atomic E-state index is 5.40. The molecule has 0 aliphatic heterocycles. The first kappa shape index (κ1) is 12.3. The van der Waals surface area contributed by atoms with Crippen molar-refractivity contribution in [2.24, 2.45) is 10.8 Å². The lowest BCUT2D eigenvalue weighted by Gasteiger charge is -2.30. The molecular weight excluding hydrogens is 190 g/mol. The van der Waals surface area contributed by atoms with Crippen LogP contribution in [0.4, 0.5) is 0 Å². The molecular formula is C10H23N5. The Morgan fingerprint density at radius 2 is 2.07 bits per heavy atom. The standard InChI is InChI=1S/C10H23N5/c1-10(2,15(3)4)7-12-9(14-11)13-8-5-6-8/h8H,5-7,11H2,1-4H3,(H2,12,13,14). The molecule has 0 aromatic rings. The molecule has 0 aromatic carbocycles. The number of hydrogen-bond acceptors (Lipinski definition) is 3. The molecule has 15 heavy (non-hydrogen) atoms. The molecule has 5 nitrogen and oxygen atoms in total. The molecule has 0 heterocycles. The summed E-state index contributed by atoms with van der Waals surface area (Å²) < 4.78 is 0. The van der Waals surface area contributed by atoms with Crippen LogP contribution in [0.1, 0.15) is 26.7 Å². The minimum atomic E-state index is 0.0489. The Labute approximate surface area is 92.1 Å². The maximum Gasteiger partial charge on any atom is 0.206 e.